The van der Waals surface area contributed by atoms with Crippen LogP contribution in [-0.4, -0.2) is 24.7 Å². The first-order valence-corrected chi connectivity index (χ1v) is 14.4. The number of aromatic amines is 1. The highest BCUT2D eigenvalue weighted by molar-refractivity contribution is 7.92. The van der Waals surface area contributed by atoms with Gasteiger partial charge in [-0.3, -0.25) is 5.10 Å². The lowest BCUT2D eigenvalue weighted by molar-refractivity contribution is 0.241. The number of nitrogens with one attached hydrogen (secondary N) is 1. The first-order valence-electron chi connectivity index (χ1n) is 12.9. The predicted molar refractivity (Wildman–Crippen MR) is 140 cm³/mol. The fourth-order valence-corrected chi connectivity index (χ4v) is 7.81. The van der Waals surface area contributed by atoms with Crippen molar-refractivity contribution >= 4 is 21.9 Å². The van der Waals surface area contributed by atoms with Gasteiger partial charge in [-0.2, -0.15) is 5.10 Å². The second-order valence-electron chi connectivity index (χ2n) is 10.5. The molecular formula is C29H33N3O2S. The largest absolute Gasteiger partial charge is 0.280 e. The van der Waals surface area contributed by atoms with E-state index in [4.69, 9.17) is 0 Å². The number of hydrogen-bond acceptors (Lipinski definition) is 3. The van der Waals surface area contributed by atoms with Gasteiger partial charge in [-0.05, 0) is 56.2 Å². The molecule has 5 nitrogen and oxygen atoms in total. The maximum Gasteiger partial charge on any atom is 0.265 e. The zero-order valence-electron chi connectivity index (χ0n) is 20.3. The Morgan fingerprint density at radius 3 is 2.34 bits per heavy atom. The van der Waals surface area contributed by atoms with E-state index in [1.54, 1.807) is 16.4 Å². The Balaban J connectivity index is 1.41. The fraction of sp³-hybridized carbons (Fsp3) is 0.414. The number of aromatic nitrogens is 2. The number of allylic oxidation sites excluding steroid dienone is 1. The second kappa shape index (κ2) is 8.66. The molecule has 6 heteroatoms. The number of anilines is 1. The molecule has 3 aliphatic rings. The van der Waals surface area contributed by atoms with Crippen molar-refractivity contribution in [2.75, 3.05) is 4.31 Å². The lowest BCUT2D eigenvalue weighted by atomic mass is 9.61. The van der Waals surface area contributed by atoms with Gasteiger partial charge in [0.25, 0.3) is 10.0 Å². The third kappa shape index (κ3) is 3.92. The van der Waals surface area contributed by atoms with Gasteiger partial charge in [-0.15, -0.1) is 0 Å². The number of H-pyrrole nitrogens is 1. The summed E-state index contributed by atoms with van der Waals surface area (Å²) >= 11 is 0. The van der Waals surface area contributed by atoms with Crippen LogP contribution in [0, 0.1) is 12.8 Å². The normalized spacial score (nSPS) is 22.7. The lowest BCUT2D eigenvalue weighted by Gasteiger charge is -2.43. The van der Waals surface area contributed by atoms with Crippen LogP contribution in [0.25, 0.3) is 6.08 Å². The zero-order valence-corrected chi connectivity index (χ0v) is 21.1. The maximum absolute atomic E-state index is 13.8. The Bertz CT molecular complexity index is 1330. The molecule has 0 spiro atoms. The number of hydrogen-bond donors (Lipinski definition) is 1. The quantitative estimate of drug-likeness (QED) is 0.453. The van der Waals surface area contributed by atoms with Crippen molar-refractivity contribution in [3.05, 3.63) is 83.1 Å². The number of aryl methyl sites for hydroxylation is 1. The van der Waals surface area contributed by atoms with Gasteiger partial charge in [-0.25, -0.2) is 12.7 Å². The molecule has 0 saturated heterocycles. The van der Waals surface area contributed by atoms with Crippen molar-refractivity contribution in [2.24, 2.45) is 5.92 Å². The number of fused-ring (bicyclic) bond motifs is 1. The zero-order chi connectivity index (χ0) is 24.0. The Hall–Kier alpha value is -2.86. The third-order valence-corrected chi connectivity index (χ3v) is 10.0. The van der Waals surface area contributed by atoms with E-state index in [0.29, 0.717) is 16.6 Å². The molecule has 182 valence electrons. The summed E-state index contributed by atoms with van der Waals surface area (Å²) in [5.41, 5.74) is 4.27. The summed E-state index contributed by atoms with van der Waals surface area (Å²) in [6.07, 6.45) is 13.4. The number of rotatable bonds is 6. The number of sulfonamides is 1. The van der Waals surface area contributed by atoms with Crippen LogP contribution in [0.15, 0.2) is 65.6 Å². The van der Waals surface area contributed by atoms with Gasteiger partial charge >= 0.3 is 0 Å². The van der Waals surface area contributed by atoms with E-state index in [0.717, 1.165) is 36.1 Å². The Morgan fingerprint density at radius 1 is 0.943 bits per heavy atom. The highest BCUT2D eigenvalue weighted by atomic mass is 32.2. The average Bonchev–Trinajstić information content (AvgIpc) is 3.64. The summed E-state index contributed by atoms with van der Waals surface area (Å²) in [4.78, 5) is 0.326. The first kappa shape index (κ1) is 22.6. The molecule has 35 heavy (non-hydrogen) atoms. The molecule has 2 aromatic carbocycles. The van der Waals surface area contributed by atoms with Gasteiger partial charge in [0.2, 0.25) is 0 Å². The standard InChI is InChI=1S/C29H33N3O2S/c1-21-12-16-25(17-13-21)35(33,34)32(24-14-15-24)28-26-18-19-29(20-27(26)30-31-28,22-8-4-2-5-9-22)23-10-6-3-7-11-23/h2,4-5,8-9,12-13,16-19,23-24H,3,6-7,10-11,14-15,20H2,1H3,(H,30,31). The van der Waals surface area contributed by atoms with Crippen molar-refractivity contribution in [3.8, 4) is 0 Å². The van der Waals surface area contributed by atoms with Crippen LogP contribution in [0.3, 0.4) is 0 Å². The molecule has 1 atom stereocenters. The van der Waals surface area contributed by atoms with E-state index in [9.17, 15) is 8.42 Å². The molecule has 2 fully saturated rings. The Labute approximate surface area is 208 Å². The van der Waals surface area contributed by atoms with Gasteiger partial charge in [0.05, 0.1) is 4.90 Å². The summed E-state index contributed by atoms with van der Waals surface area (Å²) in [6, 6.07) is 17.9. The van der Waals surface area contributed by atoms with E-state index >= 15 is 0 Å². The van der Waals surface area contributed by atoms with Gasteiger partial charge in [-0.1, -0.05) is 79.4 Å². The molecule has 1 aromatic heterocycles. The number of nitrogens with zero attached hydrogens (tertiary/aromatic N) is 2. The minimum atomic E-state index is -3.70. The molecule has 6 rings (SSSR count). The van der Waals surface area contributed by atoms with E-state index in [-0.39, 0.29) is 11.5 Å². The minimum absolute atomic E-state index is 0.0266. The summed E-state index contributed by atoms with van der Waals surface area (Å²) in [5.74, 6) is 1.12. The molecular weight excluding hydrogens is 454 g/mol. The van der Waals surface area contributed by atoms with Crippen molar-refractivity contribution in [1.82, 2.24) is 10.2 Å². The molecule has 3 aromatic rings. The minimum Gasteiger partial charge on any atom is -0.280 e. The average molecular weight is 488 g/mol. The third-order valence-electron chi connectivity index (χ3n) is 8.19. The summed E-state index contributed by atoms with van der Waals surface area (Å²) < 4.78 is 29.1. The van der Waals surface area contributed by atoms with Crippen molar-refractivity contribution in [2.45, 2.75) is 74.6 Å². The van der Waals surface area contributed by atoms with Crippen LogP contribution >= 0.6 is 0 Å². The predicted octanol–water partition coefficient (Wildman–Crippen LogP) is 6.16. The number of benzene rings is 2. The van der Waals surface area contributed by atoms with Gasteiger partial charge in [0.15, 0.2) is 5.82 Å². The summed E-state index contributed by atoms with van der Waals surface area (Å²) in [5, 5.41) is 7.92. The molecule has 1 heterocycles. The highest BCUT2D eigenvalue weighted by Gasteiger charge is 2.45. The highest BCUT2D eigenvalue weighted by Crippen LogP contribution is 2.49. The van der Waals surface area contributed by atoms with Crippen molar-refractivity contribution in [3.63, 3.8) is 0 Å². The Morgan fingerprint density at radius 2 is 1.66 bits per heavy atom. The lowest BCUT2D eigenvalue weighted by Crippen LogP contribution is -2.39. The van der Waals surface area contributed by atoms with Gasteiger partial charge in [0.1, 0.15) is 0 Å². The van der Waals surface area contributed by atoms with Crippen LogP contribution in [-0.2, 0) is 21.9 Å². The molecule has 3 aliphatic carbocycles. The SMILES string of the molecule is Cc1ccc(S(=O)(=O)N(c2n[nH]c3c2C=CC(c2ccccc2)(C2CCCCC2)C3)C2CC2)cc1. The van der Waals surface area contributed by atoms with E-state index in [1.807, 2.05) is 19.1 Å². The second-order valence-corrected chi connectivity index (χ2v) is 12.4. The molecule has 2 saturated carbocycles. The van der Waals surface area contributed by atoms with Crippen molar-refractivity contribution < 1.29 is 8.42 Å². The first-order chi connectivity index (χ1) is 17.0. The smallest absolute Gasteiger partial charge is 0.265 e. The fourth-order valence-electron chi connectivity index (χ4n) is 6.13. The van der Waals surface area contributed by atoms with Gasteiger partial charge in [0, 0.05) is 29.1 Å². The summed E-state index contributed by atoms with van der Waals surface area (Å²) in [6.45, 7) is 1.97. The van der Waals surface area contributed by atoms with Crippen LogP contribution in [0.2, 0.25) is 0 Å². The van der Waals surface area contributed by atoms with E-state index in [1.165, 1.54) is 37.7 Å². The molecule has 1 unspecified atom stereocenters. The monoisotopic (exact) mass is 487 g/mol. The summed E-state index contributed by atoms with van der Waals surface area (Å²) in [7, 11) is -3.70. The molecule has 0 bridgehead atoms. The molecule has 0 radical (unpaired) electrons. The molecule has 0 amide bonds. The molecule has 1 N–H and O–H groups in total. The Kier molecular flexibility index (Phi) is 5.59. The van der Waals surface area contributed by atoms with E-state index < -0.39 is 10.0 Å². The van der Waals surface area contributed by atoms with Crippen LogP contribution in [0.4, 0.5) is 5.82 Å². The van der Waals surface area contributed by atoms with Gasteiger partial charge < -0.3 is 0 Å². The van der Waals surface area contributed by atoms with Crippen LogP contribution < -0.4 is 4.31 Å². The van der Waals surface area contributed by atoms with Crippen LogP contribution in [0.1, 0.15) is 67.3 Å². The molecule has 0 aliphatic heterocycles. The topological polar surface area (TPSA) is 66.1 Å². The maximum atomic E-state index is 13.8. The van der Waals surface area contributed by atoms with Crippen molar-refractivity contribution in [1.29, 1.82) is 0 Å². The van der Waals surface area contributed by atoms with E-state index in [2.05, 4.69) is 52.7 Å². The van der Waals surface area contributed by atoms with Crippen LogP contribution in [0.5, 0.6) is 0 Å².